The molecular formula is C13H6BrClF2O3. The summed E-state index contributed by atoms with van der Waals surface area (Å²) in [5, 5.41) is 9.01. The molecule has 1 N–H and O–H groups in total. The Balaban J connectivity index is 2.53. The van der Waals surface area contributed by atoms with Crippen molar-refractivity contribution in [1.29, 1.82) is 0 Å². The molecule has 0 radical (unpaired) electrons. The summed E-state index contributed by atoms with van der Waals surface area (Å²) in [6.45, 7) is 0. The van der Waals surface area contributed by atoms with Crippen LogP contribution in [0.2, 0.25) is 5.02 Å². The van der Waals surface area contributed by atoms with Crippen LogP contribution in [0.4, 0.5) is 8.78 Å². The lowest BCUT2D eigenvalue weighted by molar-refractivity contribution is 0.0694. The van der Waals surface area contributed by atoms with Crippen molar-refractivity contribution >= 4 is 33.5 Å². The summed E-state index contributed by atoms with van der Waals surface area (Å²) in [4.78, 5) is 11.1. The van der Waals surface area contributed by atoms with Crippen molar-refractivity contribution < 1.29 is 23.4 Å². The fraction of sp³-hybridized carbons (Fsp3) is 0. The van der Waals surface area contributed by atoms with Crippen molar-refractivity contribution in [2.24, 2.45) is 0 Å². The largest absolute Gasteiger partial charge is 0.478 e. The van der Waals surface area contributed by atoms with Crippen LogP contribution in [0.25, 0.3) is 0 Å². The maximum Gasteiger partial charge on any atom is 0.339 e. The molecule has 0 saturated carbocycles. The number of carboxylic acid groups (broad SMARTS) is 1. The monoisotopic (exact) mass is 362 g/mol. The number of halogens is 4. The zero-order valence-electron chi connectivity index (χ0n) is 9.66. The number of carboxylic acids is 1. The first-order valence-electron chi connectivity index (χ1n) is 5.24. The molecule has 3 nitrogen and oxygen atoms in total. The van der Waals surface area contributed by atoms with Crippen LogP contribution in [-0.4, -0.2) is 11.1 Å². The van der Waals surface area contributed by atoms with Gasteiger partial charge in [0.1, 0.15) is 5.56 Å². The quantitative estimate of drug-likeness (QED) is 0.791. The Morgan fingerprint density at radius 3 is 2.65 bits per heavy atom. The zero-order chi connectivity index (χ0) is 14.9. The molecule has 0 heterocycles. The highest BCUT2D eigenvalue weighted by Gasteiger charge is 2.19. The van der Waals surface area contributed by atoms with Crippen LogP contribution in [0, 0.1) is 11.6 Å². The Bertz CT molecular complexity index is 692. The van der Waals surface area contributed by atoms with Crippen LogP contribution in [-0.2, 0) is 0 Å². The van der Waals surface area contributed by atoms with E-state index in [0.717, 1.165) is 6.07 Å². The average Bonchev–Trinajstić information content (AvgIpc) is 2.37. The van der Waals surface area contributed by atoms with Gasteiger partial charge in [-0.05, 0) is 24.3 Å². The summed E-state index contributed by atoms with van der Waals surface area (Å²) in [6.07, 6.45) is 0. The van der Waals surface area contributed by atoms with E-state index in [-0.39, 0.29) is 20.8 Å². The maximum absolute atomic E-state index is 13.6. The molecule has 20 heavy (non-hydrogen) atoms. The van der Waals surface area contributed by atoms with Gasteiger partial charge >= 0.3 is 5.97 Å². The van der Waals surface area contributed by atoms with Crippen LogP contribution in [0.15, 0.2) is 34.8 Å². The Hall–Kier alpha value is -1.66. The van der Waals surface area contributed by atoms with Crippen molar-refractivity contribution in [1.82, 2.24) is 0 Å². The average molecular weight is 364 g/mol. The van der Waals surface area contributed by atoms with Crippen molar-refractivity contribution in [3.63, 3.8) is 0 Å². The second kappa shape index (κ2) is 5.76. The molecule has 0 spiro atoms. The summed E-state index contributed by atoms with van der Waals surface area (Å²) < 4.78 is 32.3. The van der Waals surface area contributed by atoms with E-state index < -0.39 is 23.4 Å². The predicted molar refractivity (Wildman–Crippen MR) is 72.5 cm³/mol. The molecule has 0 aliphatic carbocycles. The molecule has 2 aromatic carbocycles. The lowest BCUT2D eigenvalue weighted by Gasteiger charge is -2.11. The third-order valence-electron chi connectivity index (χ3n) is 2.37. The van der Waals surface area contributed by atoms with Gasteiger partial charge in [-0.15, -0.1) is 0 Å². The minimum Gasteiger partial charge on any atom is -0.478 e. The van der Waals surface area contributed by atoms with Crippen LogP contribution in [0.5, 0.6) is 11.5 Å². The molecule has 0 unspecified atom stereocenters. The number of rotatable bonds is 3. The summed E-state index contributed by atoms with van der Waals surface area (Å²) in [7, 11) is 0. The van der Waals surface area contributed by atoms with E-state index in [0.29, 0.717) is 0 Å². The minimum absolute atomic E-state index is 0.0234. The topological polar surface area (TPSA) is 46.5 Å². The first-order chi connectivity index (χ1) is 9.40. The molecule has 0 aliphatic rings. The standard InChI is InChI=1S/C13H6BrClF2O3/c14-6-4-9(16)11(17)10(5-6)20-12-7(13(18)19)2-1-3-8(12)15/h1-5H,(H,18,19). The van der Waals surface area contributed by atoms with Gasteiger partial charge in [0.25, 0.3) is 0 Å². The molecule has 0 amide bonds. The third kappa shape index (κ3) is 2.91. The fourth-order valence-corrected chi connectivity index (χ4v) is 2.12. The highest BCUT2D eigenvalue weighted by molar-refractivity contribution is 9.10. The van der Waals surface area contributed by atoms with Gasteiger partial charge in [0, 0.05) is 4.47 Å². The number of hydrogen-bond acceptors (Lipinski definition) is 2. The molecular weight excluding hydrogens is 357 g/mol. The van der Waals surface area contributed by atoms with Crippen LogP contribution in [0.3, 0.4) is 0 Å². The first-order valence-corrected chi connectivity index (χ1v) is 6.41. The summed E-state index contributed by atoms with van der Waals surface area (Å²) in [5.41, 5.74) is -0.253. The van der Waals surface area contributed by atoms with Crippen molar-refractivity contribution in [2.45, 2.75) is 0 Å². The summed E-state index contributed by atoms with van der Waals surface area (Å²) >= 11 is 8.83. The van der Waals surface area contributed by atoms with Crippen molar-refractivity contribution in [2.75, 3.05) is 0 Å². The molecule has 7 heteroatoms. The molecule has 0 saturated heterocycles. The summed E-state index contributed by atoms with van der Waals surface area (Å²) in [5.74, 6) is -4.37. The van der Waals surface area contributed by atoms with Gasteiger partial charge in [-0.1, -0.05) is 33.6 Å². The fourth-order valence-electron chi connectivity index (χ4n) is 1.50. The first kappa shape index (κ1) is 14.7. The second-order valence-corrected chi connectivity index (χ2v) is 5.05. The van der Waals surface area contributed by atoms with E-state index in [1.807, 2.05) is 0 Å². The molecule has 0 bridgehead atoms. The van der Waals surface area contributed by atoms with Crippen LogP contribution >= 0.6 is 27.5 Å². The van der Waals surface area contributed by atoms with Gasteiger partial charge in [0.15, 0.2) is 17.3 Å². The van der Waals surface area contributed by atoms with Gasteiger partial charge in [-0.3, -0.25) is 0 Å². The predicted octanol–water partition coefficient (Wildman–Crippen LogP) is 4.87. The number of para-hydroxylation sites is 1. The van der Waals surface area contributed by atoms with Gasteiger partial charge in [-0.25, -0.2) is 9.18 Å². The van der Waals surface area contributed by atoms with Crippen LogP contribution < -0.4 is 4.74 Å². The van der Waals surface area contributed by atoms with Gasteiger partial charge in [0.2, 0.25) is 5.82 Å². The lowest BCUT2D eigenvalue weighted by Crippen LogP contribution is -2.01. The van der Waals surface area contributed by atoms with E-state index in [4.69, 9.17) is 21.4 Å². The molecule has 2 aromatic rings. The van der Waals surface area contributed by atoms with E-state index >= 15 is 0 Å². The number of hydrogen-bond donors (Lipinski definition) is 1. The lowest BCUT2D eigenvalue weighted by atomic mass is 10.2. The van der Waals surface area contributed by atoms with Gasteiger partial charge in [-0.2, -0.15) is 4.39 Å². The molecule has 0 aliphatic heterocycles. The Morgan fingerprint density at radius 2 is 2.00 bits per heavy atom. The van der Waals surface area contributed by atoms with Crippen molar-refractivity contribution in [3.05, 3.63) is 57.0 Å². The van der Waals surface area contributed by atoms with E-state index in [1.165, 1.54) is 24.3 Å². The SMILES string of the molecule is O=C(O)c1cccc(Cl)c1Oc1cc(Br)cc(F)c1F. The third-order valence-corrected chi connectivity index (χ3v) is 3.12. The molecule has 0 fully saturated rings. The zero-order valence-corrected chi connectivity index (χ0v) is 12.0. The smallest absolute Gasteiger partial charge is 0.339 e. The number of aromatic carboxylic acids is 1. The molecule has 104 valence electrons. The normalized spacial score (nSPS) is 10.4. The number of ether oxygens (including phenoxy) is 1. The minimum atomic E-state index is -1.29. The molecule has 0 atom stereocenters. The van der Waals surface area contributed by atoms with Crippen LogP contribution in [0.1, 0.15) is 10.4 Å². The summed E-state index contributed by atoms with van der Waals surface area (Å²) in [6, 6.07) is 6.14. The van der Waals surface area contributed by atoms with Crippen molar-refractivity contribution in [3.8, 4) is 11.5 Å². The van der Waals surface area contributed by atoms with E-state index in [2.05, 4.69) is 15.9 Å². The second-order valence-electron chi connectivity index (χ2n) is 3.72. The Morgan fingerprint density at radius 1 is 1.30 bits per heavy atom. The van der Waals surface area contributed by atoms with Gasteiger partial charge in [0.05, 0.1) is 5.02 Å². The Labute approximate surface area is 125 Å². The van der Waals surface area contributed by atoms with E-state index in [9.17, 15) is 13.6 Å². The molecule has 0 aromatic heterocycles. The highest BCUT2D eigenvalue weighted by atomic mass is 79.9. The Kier molecular flexibility index (Phi) is 4.25. The van der Waals surface area contributed by atoms with Gasteiger partial charge < -0.3 is 9.84 Å². The number of carbonyl (C=O) groups is 1. The number of benzene rings is 2. The van der Waals surface area contributed by atoms with E-state index in [1.54, 1.807) is 0 Å². The maximum atomic E-state index is 13.6. The molecule has 2 rings (SSSR count). The highest BCUT2D eigenvalue weighted by Crippen LogP contribution is 2.35.